The van der Waals surface area contributed by atoms with Crippen LogP contribution >= 0.6 is 15.9 Å². The Balaban J connectivity index is 0.000000254. The molecule has 26 heavy (non-hydrogen) atoms. The summed E-state index contributed by atoms with van der Waals surface area (Å²) in [7, 11) is 4.35. The van der Waals surface area contributed by atoms with Crippen LogP contribution in [0.1, 0.15) is 15.9 Å². The van der Waals surface area contributed by atoms with Gasteiger partial charge in [-0.05, 0) is 56.6 Å². The van der Waals surface area contributed by atoms with E-state index in [1.807, 2.05) is 12.1 Å². The summed E-state index contributed by atoms with van der Waals surface area (Å²) in [4.78, 5) is 15.3. The zero-order valence-corrected chi connectivity index (χ0v) is 16.7. The van der Waals surface area contributed by atoms with Gasteiger partial charge in [-0.2, -0.15) is 5.26 Å². The van der Waals surface area contributed by atoms with E-state index in [0.717, 1.165) is 22.1 Å². The smallest absolute Gasteiger partial charge is 0.150 e. The number of hydrogen-bond donors (Lipinski definition) is 1. The van der Waals surface area contributed by atoms with Crippen LogP contribution in [0.3, 0.4) is 0 Å². The molecule has 0 radical (unpaired) electrons. The monoisotopic (exact) mass is 414 g/mol. The number of anilines is 2. The van der Waals surface area contributed by atoms with Gasteiger partial charge in [0.15, 0.2) is 0 Å². The molecule has 1 aliphatic heterocycles. The van der Waals surface area contributed by atoms with E-state index >= 15 is 0 Å². The number of benzene rings is 2. The minimum absolute atomic E-state index is 0.559. The van der Waals surface area contributed by atoms with Crippen LogP contribution in [0.2, 0.25) is 0 Å². The number of halogens is 1. The summed E-state index contributed by atoms with van der Waals surface area (Å²) in [6, 6.07) is 14.6. The van der Waals surface area contributed by atoms with Crippen molar-refractivity contribution in [1.29, 1.82) is 5.26 Å². The Labute approximate surface area is 163 Å². The van der Waals surface area contributed by atoms with Gasteiger partial charge in [0.05, 0.1) is 11.3 Å². The number of likely N-dealkylation sites (N-methyl/N-ethyl adjacent to an activating group) is 2. The molecule has 0 aromatic heterocycles. The Morgan fingerprint density at radius 2 is 1.62 bits per heavy atom. The first-order valence-corrected chi connectivity index (χ1v) is 9.20. The second kappa shape index (κ2) is 10.1. The van der Waals surface area contributed by atoms with E-state index < -0.39 is 0 Å². The minimum atomic E-state index is 0.559. The van der Waals surface area contributed by atoms with Crippen LogP contribution in [0.15, 0.2) is 46.9 Å². The first-order valence-electron chi connectivity index (χ1n) is 8.41. The van der Waals surface area contributed by atoms with Crippen LogP contribution in [-0.2, 0) is 0 Å². The van der Waals surface area contributed by atoms with Crippen LogP contribution in [0.5, 0.6) is 0 Å². The minimum Gasteiger partial charge on any atom is -0.354 e. The van der Waals surface area contributed by atoms with Crippen molar-refractivity contribution in [3.63, 3.8) is 0 Å². The first kappa shape index (κ1) is 20.1. The second-order valence-electron chi connectivity index (χ2n) is 6.27. The Hall–Kier alpha value is -2.20. The van der Waals surface area contributed by atoms with E-state index in [9.17, 15) is 4.79 Å². The maximum atomic E-state index is 10.5. The Morgan fingerprint density at radius 3 is 2.12 bits per heavy atom. The van der Waals surface area contributed by atoms with Crippen LogP contribution in [0.4, 0.5) is 11.4 Å². The summed E-state index contributed by atoms with van der Waals surface area (Å²) in [6.45, 7) is 4.93. The van der Waals surface area contributed by atoms with Crippen molar-refractivity contribution in [2.45, 2.75) is 0 Å². The van der Waals surface area contributed by atoms with E-state index in [-0.39, 0.29) is 0 Å². The number of aldehydes is 1. The summed E-state index contributed by atoms with van der Waals surface area (Å²) in [5.74, 6) is 0. The predicted molar refractivity (Wildman–Crippen MR) is 109 cm³/mol. The van der Waals surface area contributed by atoms with Gasteiger partial charge in [0, 0.05) is 41.9 Å². The zero-order valence-electron chi connectivity index (χ0n) is 15.1. The van der Waals surface area contributed by atoms with E-state index in [1.165, 1.54) is 26.2 Å². The van der Waals surface area contributed by atoms with Crippen molar-refractivity contribution in [2.75, 3.05) is 45.6 Å². The molecule has 1 fully saturated rings. The summed E-state index contributed by atoms with van der Waals surface area (Å²) >= 11 is 3.32. The maximum absolute atomic E-state index is 10.5. The molecule has 6 heteroatoms. The normalized spacial score (nSPS) is 14.7. The molecular formula is C20H23BrN4O. The molecule has 5 nitrogen and oxygen atoms in total. The highest BCUT2D eigenvalue weighted by molar-refractivity contribution is 9.10. The van der Waals surface area contributed by atoms with E-state index in [4.69, 9.17) is 5.26 Å². The summed E-state index contributed by atoms with van der Waals surface area (Å²) < 4.78 is 0.862. The number of nitriles is 1. The summed E-state index contributed by atoms with van der Waals surface area (Å²) in [5.41, 5.74) is 2.75. The third kappa shape index (κ3) is 6.26. The molecule has 1 saturated heterocycles. The molecule has 2 aromatic rings. The first-order chi connectivity index (χ1) is 12.5. The van der Waals surface area contributed by atoms with Gasteiger partial charge in [0.1, 0.15) is 12.4 Å². The van der Waals surface area contributed by atoms with Crippen LogP contribution < -0.4 is 5.32 Å². The number of nitrogens with zero attached hydrogens (tertiary/aromatic N) is 3. The summed E-state index contributed by atoms with van der Waals surface area (Å²) in [5, 5.41) is 12.2. The van der Waals surface area contributed by atoms with E-state index in [2.05, 4.69) is 51.2 Å². The molecule has 136 valence electrons. The van der Waals surface area contributed by atoms with Crippen molar-refractivity contribution in [3.8, 4) is 6.07 Å². The Bertz CT molecular complexity index is 752. The van der Waals surface area contributed by atoms with Gasteiger partial charge >= 0.3 is 0 Å². The molecule has 2 aromatic carbocycles. The molecule has 0 amide bonds. The number of piperazine rings is 1. The summed E-state index contributed by atoms with van der Waals surface area (Å²) in [6.07, 6.45) is 0.796. The maximum Gasteiger partial charge on any atom is 0.150 e. The third-order valence-electron chi connectivity index (χ3n) is 4.15. The quantitative estimate of drug-likeness (QED) is 0.774. The second-order valence-corrected chi connectivity index (χ2v) is 7.19. The average molecular weight is 415 g/mol. The largest absolute Gasteiger partial charge is 0.354 e. The van der Waals surface area contributed by atoms with E-state index in [1.54, 1.807) is 30.3 Å². The van der Waals surface area contributed by atoms with Gasteiger partial charge in [-0.1, -0.05) is 15.9 Å². The van der Waals surface area contributed by atoms with Gasteiger partial charge in [0.2, 0.25) is 0 Å². The fraction of sp³-hybridized carbons (Fsp3) is 0.300. The molecule has 0 bridgehead atoms. The van der Waals surface area contributed by atoms with Gasteiger partial charge in [-0.25, -0.2) is 0 Å². The standard InChI is InChI=1S/C14H9BrN2O.C6H14N2/c15-12-3-6-14(11(7-12)8-16)17-13-4-1-10(9-18)2-5-13;1-7-3-5-8(2)6-4-7/h1-7,9,17H;3-6H2,1-2H3. The fourth-order valence-electron chi connectivity index (χ4n) is 2.42. The van der Waals surface area contributed by atoms with Gasteiger partial charge in [-0.3, -0.25) is 4.79 Å². The van der Waals surface area contributed by atoms with Gasteiger partial charge in [0.25, 0.3) is 0 Å². The lowest BCUT2D eigenvalue weighted by molar-refractivity contribution is 0.112. The molecule has 0 spiro atoms. The molecule has 3 rings (SSSR count). The highest BCUT2D eigenvalue weighted by Gasteiger charge is 2.07. The number of nitrogens with one attached hydrogen (secondary N) is 1. The number of carbonyl (C=O) groups is 1. The molecular weight excluding hydrogens is 392 g/mol. The number of rotatable bonds is 3. The van der Waals surface area contributed by atoms with Crippen molar-refractivity contribution in [1.82, 2.24) is 9.80 Å². The SMILES string of the molecule is CN1CCN(C)CC1.N#Cc1cc(Br)ccc1Nc1ccc(C=O)cc1. The lowest BCUT2D eigenvalue weighted by atomic mass is 10.1. The molecule has 1 aliphatic rings. The van der Waals surface area contributed by atoms with Crippen LogP contribution in [0, 0.1) is 11.3 Å². The van der Waals surface area contributed by atoms with Crippen molar-refractivity contribution < 1.29 is 4.79 Å². The topological polar surface area (TPSA) is 59.4 Å². The highest BCUT2D eigenvalue weighted by Crippen LogP contribution is 2.24. The molecule has 0 atom stereocenters. The third-order valence-corrected chi connectivity index (χ3v) is 4.65. The molecule has 1 N–H and O–H groups in total. The zero-order chi connectivity index (χ0) is 18.9. The fourth-order valence-corrected chi connectivity index (χ4v) is 2.79. The van der Waals surface area contributed by atoms with Crippen LogP contribution in [-0.4, -0.2) is 56.4 Å². The molecule has 0 aliphatic carbocycles. The molecule has 0 saturated carbocycles. The van der Waals surface area contributed by atoms with Crippen LogP contribution in [0.25, 0.3) is 0 Å². The number of hydrogen-bond acceptors (Lipinski definition) is 5. The van der Waals surface area contributed by atoms with Gasteiger partial charge < -0.3 is 15.1 Å². The van der Waals surface area contributed by atoms with Gasteiger partial charge in [-0.15, -0.1) is 0 Å². The Morgan fingerprint density at radius 1 is 1.04 bits per heavy atom. The average Bonchev–Trinajstić information content (AvgIpc) is 2.66. The van der Waals surface area contributed by atoms with Crippen molar-refractivity contribution >= 4 is 33.6 Å². The number of carbonyl (C=O) groups excluding carboxylic acids is 1. The lowest BCUT2D eigenvalue weighted by Crippen LogP contribution is -2.42. The highest BCUT2D eigenvalue weighted by atomic mass is 79.9. The Kier molecular flexibility index (Phi) is 7.79. The van der Waals surface area contributed by atoms with Crippen molar-refractivity contribution in [3.05, 3.63) is 58.1 Å². The molecule has 0 unspecified atom stereocenters. The molecule has 1 heterocycles. The van der Waals surface area contributed by atoms with E-state index in [0.29, 0.717) is 11.1 Å². The lowest BCUT2D eigenvalue weighted by Gasteiger charge is -2.28. The van der Waals surface area contributed by atoms with Crippen molar-refractivity contribution in [2.24, 2.45) is 0 Å². The predicted octanol–water partition coefficient (Wildman–Crippen LogP) is 3.74.